The Kier molecular flexibility index (Phi) is 4.86. The molecule has 31 heavy (non-hydrogen) atoms. The summed E-state index contributed by atoms with van der Waals surface area (Å²) in [4.78, 5) is 16.1. The number of anilines is 1. The number of halogens is 3. The van der Waals surface area contributed by atoms with Gasteiger partial charge in [-0.3, -0.25) is 0 Å². The maximum Gasteiger partial charge on any atom is 0.573 e. The van der Waals surface area contributed by atoms with Crippen molar-refractivity contribution in [3.8, 4) is 11.4 Å². The van der Waals surface area contributed by atoms with Gasteiger partial charge in [0.2, 0.25) is 0 Å². The molecule has 10 heteroatoms. The topological polar surface area (TPSA) is 59.8 Å². The fourth-order valence-electron chi connectivity index (χ4n) is 4.05. The normalized spacial score (nSPS) is 17.9. The number of carbonyl (C=O) groups is 1. The Bertz CT molecular complexity index is 965. The number of aromatic nitrogens is 2. The summed E-state index contributed by atoms with van der Waals surface area (Å²) >= 11 is 0. The summed E-state index contributed by atoms with van der Waals surface area (Å²) < 4.78 is 47.9. The molecule has 1 aromatic carbocycles. The molecule has 4 rings (SSSR count). The van der Waals surface area contributed by atoms with Crippen LogP contribution < -0.4 is 9.64 Å². The Morgan fingerprint density at radius 1 is 1.06 bits per heavy atom. The van der Waals surface area contributed by atoms with E-state index in [0.717, 1.165) is 24.5 Å². The van der Waals surface area contributed by atoms with Crippen LogP contribution in [-0.2, 0) is 4.74 Å². The standard InChI is InChI=1S/C21H25F3N4O3/c1-14-17(9-28(25-14)15-5-7-16(8-6-15)30-21(22,23)24)26-10-20(11-26)12-27(13-20)18(29)31-19(2,3)4/h5-9H,10-13H2,1-4H3. The largest absolute Gasteiger partial charge is 0.573 e. The first-order valence-corrected chi connectivity index (χ1v) is 9.98. The molecule has 0 N–H and O–H groups in total. The lowest BCUT2D eigenvalue weighted by molar-refractivity contribution is -0.274. The zero-order valence-corrected chi connectivity index (χ0v) is 17.9. The van der Waals surface area contributed by atoms with Crippen molar-refractivity contribution in [2.24, 2.45) is 5.41 Å². The van der Waals surface area contributed by atoms with Crippen LogP contribution in [0.1, 0.15) is 26.5 Å². The van der Waals surface area contributed by atoms with Crippen LogP contribution in [-0.4, -0.2) is 58.9 Å². The van der Waals surface area contributed by atoms with Crippen molar-refractivity contribution < 1.29 is 27.4 Å². The predicted octanol–water partition coefficient (Wildman–Crippen LogP) is 4.14. The molecule has 2 aliphatic heterocycles. The number of hydrogen-bond donors (Lipinski definition) is 0. The Balaban J connectivity index is 1.36. The van der Waals surface area contributed by atoms with Crippen molar-refractivity contribution in [1.82, 2.24) is 14.7 Å². The van der Waals surface area contributed by atoms with Crippen LogP contribution in [0.25, 0.3) is 5.69 Å². The van der Waals surface area contributed by atoms with Crippen LogP contribution in [0.15, 0.2) is 30.5 Å². The predicted molar refractivity (Wildman–Crippen MR) is 107 cm³/mol. The van der Waals surface area contributed by atoms with Gasteiger partial charge in [0.25, 0.3) is 0 Å². The first-order valence-electron chi connectivity index (χ1n) is 9.98. The second kappa shape index (κ2) is 7.06. The van der Waals surface area contributed by atoms with E-state index in [1.54, 1.807) is 9.58 Å². The molecule has 0 radical (unpaired) electrons. The molecule has 0 bridgehead atoms. The highest BCUT2D eigenvalue weighted by atomic mass is 19.4. The number of rotatable bonds is 3. The molecule has 2 saturated heterocycles. The van der Waals surface area contributed by atoms with E-state index in [1.165, 1.54) is 24.3 Å². The first kappa shape index (κ1) is 21.3. The summed E-state index contributed by atoms with van der Waals surface area (Å²) in [6.07, 6.45) is -3.13. The third-order valence-electron chi connectivity index (χ3n) is 5.31. The smallest absolute Gasteiger partial charge is 0.444 e. The van der Waals surface area contributed by atoms with Crippen LogP contribution >= 0.6 is 0 Å². The molecule has 2 fully saturated rings. The summed E-state index contributed by atoms with van der Waals surface area (Å²) in [6, 6.07) is 5.58. The highest BCUT2D eigenvalue weighted by molar-refractivity contribution is 5.70. The fraction of sp³-hybridized carbons (Fsp3) is 0.524. The van der Waals surface area contributed by atoms with Gasteiger partial charge < -0.3 is 19.3 Å². The average molecular weight is 438 g/mol. The van der Waals surface area contributed by atoms with Gasteiger partial charge in [-0.1, -0.05) is 0 Å². The molecule has 2 aliphatic rings. The number of amides is 1. The number of ether oxygens (including phenoxy) is 2. The third kappa shape index (κ3) is 4.57. The molecule has 0 aliphatic carbocycles. The quantitative estimate of drug-likeness (QED) is 0.721. The Hall–Kier alpha value is -2.91. The lowest BCUT2D eigenvalue weighted by atomic mass is 9.73. The molecule has 7 nitrogen and oxygen atoms in total. The van der Waals surface area contributed by atoms with Crippen molar-refractivity contribution in [1.29, 1.82) is 0 Å². The zero-order valence-electron chi connectivity index (χ0n) is 17.9. The molecular formula is C21H25F3N4O3. The second-order valence-corrected chi connectivity index (χ2v) is 9.28. The number of nitrogens with zero attached hydrogens (tertiary/aromatic N) is 4. The number of likely N-dealkylation sites (tertiary alicyclic amines) is 1. The van der Waals surface area contributed by atoms with E-state index in [1.807, 2.05) is 33.9 Å². The molecule has 2 aromatic rings. The molecule has 168 valence electrons. The van der Waals surface area contributed by atoms with Crippen LogP contribution in [0.5, 0.6) is 5.75 Å². The fourth-order valence-corrected chi connectivity index (χ4v) is 4.05. The van der Waals surface area contributed by atoms with Gasteiger partial charge in [0.05, 0.1) is 23.3 Å². The summed E-state index contributed by atoms with van der Waals surface area (Å²) in [5.74, 6) is -0.274. The molecule has 3 heterocycles. The van der Waals surface area contributed by atoms with Crippen LogP contribution in [0.4, 0.5) is 23.7 Å². The molecule has 1 spiro atoms. The Morgan fingerprint density at radius 3 is 2.23 bits per heavy atom. The van der Waals surface area contributed by atoms with Crippen molar-refractivity contribution in [3.05, 3.63) is 36.2 Å². The van der Waals surface area contributed by atoms with Crippen LogP contribution in [0.2, 0.25) is 0 Å². The van der Waals surface area contributed by atoms with E-state index < -0.39 is 12.0 Å². The van der Waals surface area contributed by atoms with Gasteiger partial charge in [0, 0.05) is 31.6 Å². The van der Waals surface area contributed by atoms with E-state index >= 15 is 0 Å². The van der Waals surface area contributed by atoms with E-state index in [0.29, 0.717) is 18.8 Å². The van der Waals surface area contributed by atoms with Crippen LogP contribution in [0, 0.1) is 12.3 Å². The average Bonchev–Trinajstić information content (AvgIpc) is 2.91. The second-order valence-electron chi connectivity index (χ2n) is 9.28. The van der Waals surface area contributed by atoms with Crippen molar-refractivity contribution in [3.63, 3.8) is 0 Å². The summed E-state index contributed by atoms with van der Waals surface area (Å²) in [6.45, 7) is 10.4. The highest BCUT2D eigenvalue weighted by Crippen LogP contribution is 2.43. The third-order valence-corrected chi connectivity index (χ3v) is 5.31. The number of carbonyl (C=O) groups excluding carboxylic acids is 1. The molecule has 0 saturated carbocycles. The van der Waals surface area contributed by atoms with E-state index in [-0.39, 0.29) is 17.3 Å². The molecule has 1 amide bonds. The number of benzene rings is 1. The van der Waals surface area contributed by atoms with Crippen LogP contribution in [0.3, 0.4) is 0 Å². The van der Waals surface area contributed by atoms with Crippen molar-refractivity contribution in [2.45, 2.75) is 39.7 Å². The van der Waals surface area contributed by atoms with E-state index in [4.69, 9.17) is 4.74 Å². The highest BCUT2D eigenvalue weighted by Gasteiger charge is 2.54. The monoisotopic (exact) mass is 438 g/mol. The van der Waals surface area contributed by atoms with Gasteiger partial charge >= 0.3 is 12.5 Å². The van der Waals surface area contributed by atoms with Gasteiger partial charge in [-0.05, 0) is 52.0 Å². The number of aryl methyl sites for hydroxylation is 1. The molecule has 0 unspecified atom stereocenters. The lowest BCUT2D eigenvalue weighted by Gasteiger charge is -2.60. The first-order chi connectivity index (χ1) is 14.3. The minimum Gasteiger partial charge on any atom is -0.444 e. The summed E-state index contributed by atoms with van der Waals surface area (Å²) in [5, 5.41) is 4.49. The van der Waals surface area contributed by atoms with Crippen molar-refractivity contribution >= 4 is 11.8 Å². The lowest BCUT2D eigenvalue weighted by Crippen LogP contribution is -2.73. The summed E-state index contributed by atoms with van der Waals surface area (Å²) in [5.41, 5.74) is 2.01. The Morgan fingerprint density at radius 2 is 1.68 bits per heavy atom. The maximum atomic E-state index is 12.3. The van der Waals surface area contributed by atoms with E-state index in [2.05, 4.69) is 14.7 Å². The maximum absolute atomic E-state index is 12.3. The van der Waals surface area contributed by atoms with Crippen molar-refractivity contribution in [2.75, 3.05) is 31.1 Å². The van der Waals surface area contributed by atoms with Gasteiger partial charge in [0.15, 0.2) is 0 Å². The van der Waals surface area contributed by atoms with Gasteiger partial charge in [-0.15, -0.1) is 13.2 Å². The van der Waals surface area contributed by atoms with Gasteiger partial charge in [-0.25, -0.2) is 9.48 Å². The van der Waals surface area contributed by atoms with Gasteiger partial charge in [-0.2, -0.15) is 5.10 Å². The minimum atomic E-state index is -4.72. The summed E-state index contributed by atoms with van der Waals surface area (Å²) in [7, 11) is 0. The SMILES string of the molecule is Cc1nn(-c2ccc(OC(F)(F)F)cc2)cc1N1CC2(CN(C(=O)OC(C)(C)C)C2)C1. The molecular weight excluding hydrogens is 413 g/mol. The minimum absolute atomic E-state index is 0.0853. The zero-order chi connectivity index (χ0) is 22.6. The molecule has 1 aromatic heterocycles. The number of hydrogen-bond acceptors (Lipinski definition) is 5. The number of alkyl halides is 3. The van der Waals surface area contributed by atoms with E-state index in [9.17, 15) is 18.0 Å². The Labute approximate surface area is 178 Å². The molecule has 0 atom stereocenters. The van der Waals surface area contributed by atoms with Gasteiger partial charge in [0.1, 0.15) is 11.4 Å².